The minimum Gasteiger partial charge on any atom is -0.348 e. The first-order valence-electron chi connectivity index (χ1n) is 2.97. The van der Waals surface area contributed by atoms with Crippen LogP contribution in [0.1, 0.15) is 12.8 Å². The van der Waals surface area contributed by atoms with E-state index in [2.05, 4.69) is 5.32 Å². The molecule has 0 bridgehead atoms. The van der Waals surface area contributed by atoms with Gasteiger partial charge in [-0.3, -0.25) is 9.59 Å². The monoisotopic (exact) mass is 126 g/mol. The summed E-state index contributed by atoms with van der Waals surface area (Å²) >= 11 is 0. The number of nitrogens with one attached hydrogen (secondary N) is 1. The molecule has 3 heteroatoms. The number of hydrogen-bond donors (Lipinski definition) is 1. The minimum absolute atomic E-state index is 0.00153. The Kier molecular flexibility index (Phi) is 1.82. The third kappa shape index (κ3) is 1.83. The van der Waals surface area contributed by atoms with E-state index in [9.17, 15) is 9.59 Å². The van der Waals surface area contributed by atoms with Gasteiger partial charge in [0.2, 0.25) is 12.2 Å². The van der Waals surface area contributed by atoms with Gasteiger partial charge in [0.05, 0.1) is 6.54 Å². The fourth-order valence-electron chi connectivity index (χ4n) is 0.613. The molecule has 1 radical (unpaired) electrons. The zero-order valence-corrected chi connectivity index (χ0v) is 5.02. The quantitative estimate of drug-likeness (QED) is 0.560. The van der Waals surface area contributed by atoms with Crippen molar-refractivity contribution < 1.29 is 9.59 Å². The highest BCUT2D eigenvalue weighted by Gasteiger charge is 2.28. The number of hydrogen-bond acceptors (Lipinski definition) is 2. The second-order valence-electron chi connectivity index (χ2n) is 2.14. The van der Waals surface area contributed by atoms with Crippen LogP contribution in [0.3, 0.4) is 0 Å². The van der Waals surface area contributed by atoms with Crippen molar-refractivity contribution in [1.29, 1.82) is 0 Å². The van der Waals surface area contributed by atoms with E-state index in [0.717, 1.165) is 12.8 Å². The van der Waals surface area contributed by atoms with Gasteiger partial charge < -0.3 is 5.32 Å². The topological polar surface area (TPSA) is 46.2 Å². The average Bonchev–Trinajstić information content (AvgIpc) is 2.63. The molecule has 0 aromatic heterocycles. The fraction of sp³-hybridized carbons (Fsp3) is 0.667. The average molecular weight is 126 g/mol. The Hall–Kier alpha value is -0.860. The van der Waals surface area contributed by atoms with Crippen molar-refractivity contribution in [2.45, 2.75) is 12.8 Å². The van der Waals surface area contributed by atoms with Crippen LogP contribution in [0.15, 0.2) is 0 Å². The van der Waals surface area contributed by atoms with E-state index in [4.69, 9.17) is 0 Å². The van der Waals surface area contributed by atoms with Crippen LogP contribution in [0, 0.1) is 5.92 Å². The molecule has 1 amide bonds. The van der Waals surface area contributed by atoms with E-state index in [-0.39, 0.29) is 18.4 Å². The van der Waals surface area contributed by atoms with Gasteiger partial charge in [0.1, 0.15) is 0 Å². The maximum absolute atomic E-state index is 10.7. The van der Waals surface area contributed by atoms with Gasteiger partial charge >= 0.3 is 0 Å². The van der Waals surface area contributed by atoms with E-state index in [1.165, 1.54) is 0 Å². The largest absolute Gasteiger partial charge is 0.348 e. The first-order chi connectivity index (χ1) is 4.34. The summed E-state index contributed by atoms with van der Waals surface area (Å²) in [6.07, 6.45) is 3.55. The molecule has 1 fully saturated rings. The molecule has 0 heterocycles. The van der Waals surface area contributed by atoms with Crippen LogP contribution in [0.4, 0.5) is 0 Å². The third-order valence-electron chi connectivity index (χ3n) is 1.28. The van der Waals surface area contributed by atoms with E-state index in [1.54, 1.807) is 6.29 Å². The highest BCUT2D eigenvalue weighted by molar-refractivity contribution is 5.82. The van der Waals surface area contributed by atoms with Crippen molar-refractivity contribution in [1.82, 2.24) is 5.32 Å². The summed E-state index contributed by atoms with van der Waals surface area (Å²) in [7, 11) is 0. The maximum atomic E-state index is 10.7. The molecule has 3 nitrogen and oxygen atoms in total. The van der Waals surface area contributed by atoms with Crippen LogP contribution in [0.2, 0.25) is 0 Å². The van der Waals surface area contributed by atoms with Gasteiger partial charge in [-0.25, -0.2) is 0 Å². The normalized spacial score (nSPS) is 16.9. The van der Waals surface area contributed by atoms with Crippen LogP contribution in [-0.4, -0.2) is 18.7 Å². The van der Waals surface area contributed by atoms with Gasteiger partial charge in [-0.15, -0.1) is 0 Å². The van der Waals surface area contributed by atoms with Crippen molar-refractivity contribution >= 4 is 12.2 Å². The van der Waals surface area contributed by atoms with Crippen LogP contribution in [0.25, 0.3) is 0 Å². The lowest BCUT2D eigenvalue weighted by Crippen LogP contribution is -2.26. The Morgan fingerprint density at radius 3 is 2.78 bits per heavy atom. The van der Waals surface area contributed by atoms with Gasteiger partial charge in [0.15, 0.2) is 0 Å². The number of carbonyl (C=O) groups is 1. The van der Waals surface area contributed by atoms with Crippen molar-refractivity contribution in [3.05, 3.63) is 0 Å². The second kappa shape index (κ2) is 2.62. The predicted octanol–water partition coefficient (Wildman–Crippen LogP) is -0.378. The van der Waals surface area contributed by atoms with Crippen molar-refractivity contribution in [2.75, 3.05) is 6.54 Å². The minimum atomic E-state index is -0.00153. The van der Waals surface area contributed by atoms with Gasteiger partial charge in [-0.1, -0.05) is 0 Å². The lowest BCUT2D eigenvalue weighted by Gasteiger charge is -1.94. The molecule has 1 rings (SSSR count). The molecule has 1 aliphatic carbocycles. The molecule has 0 spiro atoms. The van der Waals surface area contributed by atoms with Gasteiger partial charge in [-0.05, 0) is 12.8 Å². The summed E-state index contributed by atoms with van der Waals surface area (Å²) in [6.45, 7) is 0.0370. The zero-order chi connectivity index (χ0) is 6.69. The Morgan fingerprint density at radius 1 is 1.67 bits per heavy atom. The first-order valence-corrected chi connectivity index (χ1v) is 2.97. The summed E-state index contributed by atoms with van der Waals surface area (Å²) in [5.74, 6) is 0.191. The van der Waals surface area contributed by atoms with Crippen LogP contribution < -0.4 is 5.32 Å². The van der Waals surface area contributed by atoms with Crippen molar-refractivity contribution in [2.24, 2.45) is 5.92 Å². The number of carbonyl (C=O) groups excluding carboxylic acids is 2. The maximum Gasteiger partial charge on any atom is 0.223 e. The zero-order valence-electron chi connectivity index (χ0n) is 5.02. The second-order valence-corrected chi connectivity index (χ2v) is 2.14. The molecule has 1 N–H and O–H groups in total. The molecule has 1 aliphatic rings. The molecule has 0 aromatic rings. The van der Waals surface area contributed by atoms with Crippen molar-refractivity contribution in [3.8, 4) is 0 Å². The van der Waals surface area contributed by atoms with Gasteiger partial charge in [0, 0.05) is 5.92 Å². The molecular weight excluding hydrogens is 118 g/mol. The number of amides is 1. The summed E-state index contributed by atoms with van der Waals surface area (Å²) in [5, 5.41) is 2.43. The Labute approximate surface area is 53.4 Å². The molecule has 0 unspecified atom stereocenters. The molecule has 0 atom stereocenters. The molecule has 0 aromatic carbocycles. The van der Waals surface area contributed by atoms with E-state index < -0.39 is 0 Å². The predicted molar refractivity (Wildman–Crippen MR) is 31.4 cm³/mol. The molecule has 0 saturated heterocycles. The Balaban J connectivity index is 2.10. The highest BCUT2D eigenvalue weighted by Crippen LogP contribution is 2.28. The molecule has 49 valence electrons. The summed E-state index contributed by atoms with van der Waals surface area (Å²) < 4.78 is 0. The summed E-state index contributed by atoms with van der Waals surface area (Å²) in [6, 6.07) is 0. The van der Waals surface area contributed by atoms with Gasteiger partial charge in [0.25, 0.3) is 0 Å². The summed E-state index contributed by atoms with van der Waals surface area (Å²) in [5.41, 5.74) is 0. The SMILES string of the molecule is O=[C]CNC(=O)C1CC1. The number of rotatable bonds is 3. The van der Waals surface area contributed by atoms with Gasteiger partial charge in [-0.2, -0.15) is 0 Å². The first kappa shape index (κ1) is 6.26. The Morgan fingerprint density at radius 2 is 2.33 bits per heavy atom. The van der Waals surface area contributed by atoms with Crippen LogP contribution in [0.5, 0.6) is 0 Å². The standard InChI is InChI=1S/C6H8NO2/c8-4-3-7-6(9)5-1-2-5/h5H,1-3H2,(H,7,9). The Bertz CT molecular complexity index is 129. The van der Waals surface area contributed by atoms with Crippen LogP contribution in [-0.2, 0) is 9.59 Å². The van der Waals surface area contributed by atoms with E-state index in [0.29, 0.717) is 0 Å². The lowest BCUT2D eigenvalue weighted by molar-refractivity contribution is -0.122. The molecule has 1 saturated carbocycles. The van der Waals surface area contributed by atoms with E-state index >= 15 is 0 Å². The van der Waals surface area contributed by atoms with E-state index in [1.807, 2.05) is 0 Å². The molecular formula is C6H8NO2. The fourth-order valence-corrected chi connectivity index (χ4v) is 0.613. The smallest absolute Gasteiger partial charge is 0.223 e. The third-order valence-corrected chi connectivity index (χ3v) is 1.28. The summed E-state index contributed by atoms with van der Waals surface area (Å²) in [4.78, 5) is 20.3. The molecule has 9 heavy (non-hydrogen) atoms. The highest BCUT2D eigenvalue weighted by atomic mass is 16.2. The van der Waals surface area contributed by atoms with Crippen LogP contribution >= 0.6 is 0 Å². The van der Waals surface area contributed by atoms with Crippen molar-refractivity contribution in [3.63, 3.8) is 0 Å². The lowest BCUT2D eigenvalue weighted by atomic mass is 10.4. The molecule has 0 aliphatic heterocycles.